The van der Waals surface area contributed by atoms with E-state index < -0.39 is 0 Å². The first kappa shape index (κ1) is 18.5. The third-order valence-corrected chi connectivity index (χ3v) is 4.31. The first-order valence-electron chi connectivity index (χ1n) is 7.91. The molecule has 0 spiro atoms. The first-order chi connectivity index (χ1) is 10.1. The van der Waals surface area contributed by atoms with E-state index in [0.717, 1.165) is 25.3 Å². The summed E-state index contributed by atoms with van der Waals surface area (Å²) in [5, 5.41) is 3.46. The van der Waals surface area contributed by atoms with Crippen LogP contribution in [0.3, 0.4) is 0 Å². The van der Waals surface area contributed by atoms with Crippen LogP contribution in [0.1, 0.15) is 38.6 Å². The molecule has 4 heteroatoms. The molecule has 0 aliphatic heterocycles. The molecule has 1 aromatic rings. The van der Waals surface area contributed by atoms with Crippen LogP contribution in [0, 0.1) is 5.92 Å². The van der Waals surface area contributed by atoms with E-state index in [2.05, 4.69) is 62.5 Å². The number of nitrogens with zero attached hydrogens (tertiary/aromatic N) is 2. The molecule has 3 nitrogen and oxygen atoms in total. The van der Waals surface area contributed by atoms with Gasteiger partial charge in [0.2, 0.25) is 0 Å². The Morgan fingerprint density at radius 2 is 2.00 bits per heavy atom. The zero-order valence-corrected chi connectivity index (χ0v) is 15.0. The molecule has 0 saturated carbocycles. The molecule has 1 unspecified atom stereocenters. The standard InChI is InChI=1S/C17H31N3S/c1-6-17(13-21-5)20(4)12-16-9-7-8-15(19-16)11-18-10-14(2)3/h7-9,14,17-18H,6,10-13H2,1-5H3. The van der Waals surface area contributed by atoms with Gasteiger partial charge in [-0.15, -0.1) is 0 Å². The van der Waals surface area contributed by atoms with E-state index in [0.29, 0.717) is 12.0 Å². The summed E-state index contributed by atoms with van der Waals surface area (Å²) in [5.74, 6) is 1.86. The Morgan fingerprint density at radius 1 is 1.29 bits per heavy atom. The van der Waals surface area contributed by atoms with Crippen molar-refractivity contribution >= 4 is 11.8 Å². The van der Waals surface area contributed by atoms with Crippen LogP contribution < -0.4 is 5.32 Å². The van der Waals surface area contributed by atoms with Crippen LogP contribution in [0.5, 0.6) is 0 Å². The van der Waals surface area contributed by atoms with Gasteiger partial charge in [-0.3, -0.25) is 9.88 Å². The Balaban J connectivity index is 2.55. The van der Waals surface area contributed by atoms with Crippen LogP contribution in [0.25, 0.3) is 0 Å². The lowest BCUT2D eigenvalue weighted by Crippen LogP contribution is -2.33. The number of pyridine rings is 1. The Labute approximate surface area is 134 Å². The molecule has 0 bridgehead atoms. The molecule has 1 aromatic heterocycles. The summed E-state index contributed by atoms with van der Waals surface area (Å²) in [4.78, 5) is 7.20. The van der Waals surface area contributed by atoms with E-state index in [1.807, 2.05) is 11.8 Å². The Kier molecular flexibility index (Phi) is 8.97. The van der Waals surface area contributed by atoms with Crippen molar-refractivity contribution in [3.8, 4) is 0 Å². The molecule has 0 aliphatic carbocycles. The van der Waals surface area contributed by atoms with Gasteiger partial charge >= 0.3 is 0 Å². The van der Waals surface area contributed by atoms with E-state index in [1.165, 1.54) is 17.9 Å². The molecule has 1 rings (SSSR count). The van der Waals surface area contributed by atoms with Crippen LogP contribution in [0.4, 0.5) is 0 Å². The minimum atomic E-state index is 0.629. The zero-order valence-electron chi connectivity index (χ0n) is 14.2. The van der Waals surface area contributed by atoms with E-state index in [4.69, 9.17) is 4.98 Å². The summed E-state index contributed by atoms with van der Waals surface area (Å²) >= 11 is 1.92. The number of hydrogen-bond acceptors (Lipinski definition) is 4. The maximum atomic E-state index is 4.78. The van der Waals surface area contributed by atoms with Crippen LogP contribution in [-0.2, 0) is 13.1 Å². The zero-order chi connectivity index (χ0) is 15.7. The first-order valence-corrected chi connectivity index (χ1v) is 9.30. The Hall–Kier alpha value is -0.580. The van der Waals surface area contributed by atoms with Gasteiger partial charge in [0.05, 0.1) is 11.4 Å². The number of thioether (sulfide) groups is 1. The highest BCUT2D eigenvalue weighted by atomic mass is 32.2. The molecule has 0 saturated heterocycles. The van der Waals surface area contributed by atoms with E-state index in [1.54, 1.807) is 0 Å². The molecule has 1 atom stereocenters. The largest absolute Gasteiger partial charge is 0.311 e. The third-order valence-electron chi connectivity index (χ3n) is 3.59. The average molecular weight is 310 g/mol. The molecule has 0 aromatic carbocycles. The van der Waals surface area contributed by atoms with Crippen LogP contribution >= 0.6 is 11.8 Å². The lowest BCUT2D eigenvalue weighted by atomic mass is 10.2. The topological polar surface area (TPSA) is 28.2 Å². The summed E-state index contributed by atoms with van der Waals surface area (Å²) in [5.41, 5.74) is 2.31. The smallest absolute Gasteiger partial charge is 0.0547 e. The van der Waals surface area contributed by atoms with Gasteiger partial charge in [-0.2, -0.15) is 11.8 Å². The summed E-state index contributed by atoms with van der Waals surface area (Å²) in [6.07, 6.45) is 3.36. The van der Waals surface area contributed by atoms with Crippen molar-refractivity contribution in [3.63, 3.8) is 0 Å². The van der Waals surface area contributed by atoms with Crippen molar-refractivity contribution in [1.82, 2.24) is 15.2 Å². The van der Waals surface area contributed by atoms with Crippen molar-refractivity contribution < 1.29 is 0 Å². The molecule has 0 radical (unpaired) electrons. The summed E-state index contributed by atoms with van der Waals surface area (Å²) in [7, 11) is 2.20. The fraction of sp³-hybridized carbons (Fsp3) is 0.706. The molecule has 21 heavy (non-hydrogen) atoms. The highest BCUT2D eigenvalue weighted by molar-refractivity contribution is 7.98. The number of aromatic nitrogens is 1. The molecule has 0 amide bonds. The van der Waals surface area contributed by atoms with E-state index in [-0.39, 0.29) is 0 Å². The minimum absolute atomic E-state index is 0.629. The van der Waals surface area contributed by atoms with Gasteiger partial charge in [-0.25, -0.2) is 0 Å². The quantitative estimate of drug-likeness (QED) is 0.717. The van der Waals surface area contributed by atoms with Crippen LogP contribution in [0.15, 0.2) is 18.2 Å². The van der Waals surface area contributed by atoms with Gasteiger partial charge < -0.3 is 5.32 Å². The summed E-state index contributed by atoms with van der Waals surface area (Å²) in [6, 6.07) is 6.99. The Bertz CT molecular complexity index is 395. The van der Waals surface area contributed by atoms with Gasteiger partial charge in [0.25, 0.3) is 0 Å². The van der Waals surface area contributed by atoms with Gasteiger partial charge in [-0.1, -0.05) is 26.8 Å². The van der Waals surface area contributed by atoms with Crippen molar-refractivity contribution in [1.29, 1.82) is 0 Å². The maximum absolute atomic E-state index is 4.78. The Morgan fingerprint density at radius 3 is 2.62 bits per heavy atom. The van der Waals surface area contributed by atoms with Gasteiger partial charge in [0.1, 0.15) is 0 Å². The normalized spacial score (nSPS) is 13.1. The number of nitrogens with one attached hydrogen (secondary N) is 1. The van der Waals surface area contributed by atoms with E-state index in [9.17, 15) is 0 Å². The molecular weight excluding hydrogens is 278 g/mol. The summed E-state index contributed by atoms with van der Waals surface area (Å²) < 4.78 is 0. The van der Waals surface area contributed by atoms with Gasteiger partial charge in [0.15, 0.2) is 0 Å². The van der Waals surface area contributed by atoms with Crippen LogP contribution in [0.2, 0.25) is 0 Å². The highest BCUT2D eigenvalue weighted by Crippen LogP contribution is 2.11. The van der Waals surface area contributed by atoms with Crippen molar-refractivity contribution in [2.75, 3.05) is 25.6 Å². The van der Waals surface area contributed by atoms with Crippen molar-refractivity contribution in [2.45, 2.75) is 46.3 Å². The maximum Gasteiger partial charge on any atom is 0.0547 e. The molecule has 0 aliphatic rings. The van der Waals surface area contributed by atoms with Crippen molar-refractivity contribution in [3.05, 3.63) is 29.6 Å². The minimum Gasteiger partial charge on any atom is -0.311 e. The molecule has 1 N–H and O–H groups in total. The van der Waals surface area contributed by atoms with Crippen LogP contribution in [-0.4, -0.2) is 41.5 Å². The lowest BCUT2D eigenvalue weighted by Gasteiger charge is -2.26. The van der Waals surface area contributed by atoms with Gasteiger partial charge in [0, 0.05) is 24.9 Å². The molecule has 0 fully saturated rings. The predicted octanol–water partition coefficient (Wildman–Crippen LogP) is 3.40. The summed E-state index contributed by atoms with van der Waals surface area (Å²) in [6.45, 7) is 9.54. The molecular formula is C17H31N3S. The second-order valence-electron chi connectivity index (χ2n) is 6.08. The van der Waals surface area contributed by atoms with Crippen molar-refractivity contribution in [2.24, 2.45) is 5.92 Å². The fourth-order valence-corrected chi connectivity index (χ4v) is 3.21. The number of rotatable bonds is 10. The highest BCUT2D eigenvalue weighted by Gasteiger charge is 2.13. The van der Waals surface area contributed by atoms with E-state index >= 15 is 0 Å². The SMILES string of the molecule is CCC(CSC)N(C)Cc1cccc(CNCC(C)C)n1. The molecule has 120 valence electrons. The average Bonchev–Trinajstić information content (AvgIpc) is 2.44. The lowest BCUT2D eigenvalue weighted by molar-refractivity contribution is 0.245. The third kappa shape index (κ3) is 7.30. The monoisotopic (exact) mass is 309 g/mol. The second-order valence-corrected chi connectivity index (χ2v) is 6.99. The van der Waals surface area contributed by atoms with Gasteiger partial charge in [-0.05, 0) is 44.3 Å². The second kappa shape index (κ2) is 10.2. The predicted molar refractivity (Wildman–Crippen MR) is 94.7 cm³/mol. The fourth-order valence-electron chi connectivity index (χ4n) is 2.34. The molecule has 1 heterocycles. The number of hydrogen-bond donors (Lipinski definition) is 1.